The maximum absolute atomic E-state index is 11.4. The lowest BCUT2D eigenvalue weighted by Gasteiger charge is -2.34. The molecule has 6 heteroatoms. The molecule has 1 atom stereocenters. The topological polar surface area (TPSA) is 95.0 Å². The fourth-order valence-electron chi connectivity index (χ4n) is 2.08. The molecular weight excluding hydrogens is 230 g/mol. The van der Waals surface area contributed by atoms with E-state index < -0.39 is 0 Å². The Labute approximate surface area is 105 Å². The molecule has 6 nitrogen and oxygen atoms in total. The van der Waals surface area contributed by atoms with E-state index in [1.807, 2.05) is 17.0 Å². The van der Waals surface area contributed by atoms with Crippen molar-refractivity contribution in [3.8, 4) is 6.07 Å². The fourth-order valence-corrected chi connectivity index (χ4v) is 2.08. The smallest absolute Gasteiger partial charge is 0.236 e. The van der Waals surface area contributed by atoms with Crippen LogP contribution in [0.1, 0.15) is 11.3 Å². The van der Waals surface area contributed by atoms with Crippen molar-refractivity contribution in [3.63, 3.8) is 0 Å². The van der Waals surface area contributed by atoms with Gasteiger partial charge in [0.05, 0.1) is 0 Å². The molecule has 2 heterocycles. The standard InChI is InChI=1S/C12H15N5O/c13-6-10-5-9(1-2-16-10)8-17-4-3-15-7-11(17)12(14)18/h1-2,5,11,15H,3-4,7-8H2,(H2,14,18). The molecule has 0 spiro atoms. The molecular formula is C12H15N5O. The van der Waals surface area contributed by atoms with E-state index in [-0.39, 0.29) is 11.9 Å². The van der Waals surface area contributed by atoms with Crippen molar-refractivity contribution in [1.29, 1.82) is 5.26 Å². The van der Waals surface area contributed by atoms with Crippen molar-refractivity contribution >= 4 is 5.91 Å². The SMILES string of the molecule is N#Cc1cc(CN2CCNCC2C(N)=O)ccn1. The van der Waals surface area contributed by atoms with Crippen molar-refractivity contribution in [3.05, 3.63) is 29.6 Å². The number of aromatic nitrogens is 1. The molecule has 18 heavy (non-hydrogen) atoms. The van der Waals surface area contributed by atoms with E-state index in [1.165, 1.54) is 0 Å². The normalized spacial score (nSPS) is 20.3. The monoisotopic (exact) mass is 245 g/mol. The predicted octanol–water partition coefficient (Wildman–Crippen LogP) is -0.788. The number of nitrogens with one attached hydrogen (secondary N) is 1. The molecule has 1 saturated heterocycles. The second kappa shape index (κ2) is 5.58. The van der Waals surface area contributed by atoms with Gasteiger partial charge in [0.25, 0.3) is 0 Å². The Bertz CT molecular complexity index is 482. The van der Waals surface area contributed by atoms with Crippen LogP contribution in [0.25, 0.3) is 0 Å². The van der Waals surface area contributed by atoms with Gasteiger partial charge in [-0.15, -0.1) is 0 Å². The maximum Gasteiger partial charge on any atom is 0.236 e. The van der Waals surface area contributed by atoms with Crippen LogP contribution in [0.5, 0.6) is 0 Å². The van der Waals surface area contributed by atoms with E-state index in [1.54, 1.807) is 12.3 Å². The van der Waals surface area contributed by atoms with E-state index in [0.29, 0.717) is 18.8 Å². The van der Waals surface area contributed by atoms with Crippen LogP contribution in [-0.4, -0.2) is 41.5 Å². The molecule has 0 saturated carbocycles. The Kier molecular flexibility index (Phi) is 3.87. The number of nitrogens with two attached hydrogens (primary N) is 1. The molecule has 1 aromatic heterocycles. The number of hydrogen-bond donors (Lipinski definition) is 2. The molecule has 0 radical (unpaired) electrons. The van der Waals surface area contributed by atoms with Crippen LogP contribution in [0, 0.1) is 11.3 Å². The van der Waals surface area contributed by atoms with Gasteiger partial charge in [-0.3, -0.25) is 9.69 Å². The van der Waals surface area contributed by atoms with E-state index >= 15 is 0 Å². The number of carbonyl (C=O) groups is 1. The third-order valence-corrected chi connectivity index (χ3v) is 3.01. The molecule has 1 fully saturated rings. The highest BCUT2D eigenvalue weighted by molar-refractivity contribution is 5.80. The van der Waals surface area contributed by atoms with Gasteiger partial charge in [-0.1, -0.05) is 0 Å². The third-order valence-electron chi connectivity index (χ3n) is 3.01. The van der Waals surface area contributed by atoms with Gasteiger partial charge < -0.3 is 11.1 Å². The largest absolute Gasteiger partial charge is 0.368 e. The molecule has 1 unspecified atom stereocenters. The summed E-state index contributed by atoms with van der Waals surface area (Å²) in [6.07, 6.45) is 1.61. The minimum absolute atomic E-state index is 0.294. The Balaban J connectivity index is 2.11. The number of carbonyl (C=O) groups excluding carboxylic acids is 1. The zero-order chi connectivity index (χ0) is 13.0. The number of primary amides is 1. The van der Waals surface area contributed by atoms with Gasteiger partial charge >= 0.3 is 0 Å². The molecule has 1 aliphatic rings. The van der Waals surface area contributed by atoms with Crippen molar-refractivity contribution in [2.75, 3.05) is 19.6 Å². The lowest BCUT2D eigenvalue weighted by Crippen LogP contribution is -2.56. The molecule has 1 aliphatic heterocycles. The zero-order valence-electron chi connectivity index (χ0n) is 9.97. The number of rotatable bonds is 3. The average Bonchev–Trinajstić information content (AvgIpc) is 2.39. The first-order chi connectivity index (χ1) is 8.70. The summed E-state index contributed by atoms with van der Waals surface area (Å²) in [6.45, 7) is 2.77. The second-order valence-electron chi connectivity index (χ2n) is 4.25. The quantitative estimate of drug-likeness (QED) is 0.728. The van der Waals surface area contributed by atoms with Crippen molar-refractivity contribution < 1.29 is 4.79 Å². The summed E-state index contributed by atoms with van der Waals surface area (Å²) in [6, 6.07) is 5.30. The van der Waals surface area contributed by atoms with Crippen molar-refractivity contribution in [2.45, 2.75) is 12.6 Å². The highest BCUT2D eigenvalue weighted by Crippen LogP contribution is 2.10. The second-order valence-corrected chi connectivity index (χ2v) is 4.25. The van der Waals surface area contributed by atoms with Crippen LogP contribution < -0.4 is 11.1 Å². The van der Waals surface area contributed by atoms with Crippen molar-refractivity contribution in [2.24, 2.45) is 5.73 Å². The van der Waals surface area contributed by atoms with E-state index in [2.05, 4.69) is 10.3 Å². The van der Waals surface area contributed by atoms with Crippen LogP contribution in [0.2, 0.25) is 0 Å². The van der Waals surface area contributed by atoms with Gasteiger partial charge in [0.1, 0.15) is 17.8 Å². The Morgan fingerprint density at radius 2 is 2.56 bits per heavy atom. The van der Waals surface area contributed by atoms with Crippen LogP contribution in [-0.2, 0) is 11.3 Å². The summed E-state index contributed by atoms with van der Waals surface area (Å²) >= 11 is 0. The van der Waals surface area contributed by atoms with E-state index in [9.17, 15) is 4.79 Å². The molecule has 0 bridgehead atoms. The summed E-state index contributed by atoms with van der Waals surface area (Å²) in [4.78, 5) is 17.3. The van der Waals surface area contributed by atoms with Gasteiger partial charge in [0.15, 0.2) is 0 Å². The van der Waals surface area contributed by atoms with E-state index in [4.69, 9.17) is 11.0 Å². The first kappa shape index (κ1) is 12.5. The van der Waals surface area contributed by atoms with Crippen molar-refractivity contribution in [1.82, 2.24) is 15.2 Å². The van der Waals surface area contributed by atoms with Crippen LogP contribution >= 0.6 is 0 Å². The Morgan fingerprint density at radius 1 is 1.72 bits per heavy atom. The van der Waals surface area contributed by atoms with Gasteiger partial charge in [0, 0.05) is 32.4 Å². The number of nitriles is 1. The third kappa shape index (κ3) is 2.83. The van der Waals surface area contributed by atoms with Gasteiger partial charge in [-0.2, -0.15) is 5.26 Å². The fraction of sp³-hybridized carbons (Fsp3) is 0.417. The number of piperazine rings is 1. The summed E-state index contributed by atoms with van der Waals surface area (Å²) < 4.78 is 0. The Hall–Kier alpha value is -1.97. The minimum Gasteiger partial charge on any atom is -0.368 e. The maximum atomic E-state index is 11.4. The Morgan fingerprint density at radius 3 is 3.28 bits per heavy atom. The number of hydrogen-bond acceptors (Lipinski definition) is 5. The van der Waals surface area contributed by atoms with Gasteiger partial charge in [-0.05, 0) is 17.7 Å². The van der Waals surface area contributed by atoms with Crippen LogP contribution in [0.3, 0.4) is 0 Å². The zero-order valence-corrected chi connectivity index (χ0v) is 9.97. The van der Waals surface area contributed by atoms with Gasteiger partial charge in [0.2, 0.25) is 5.91 Å². The number of amides is 1. The first-order valence-electron chi connectivity index (χ1n) is 5.80. The summed E-state index contributed by atoms with van der Waals surface area (Å²) in [7, 11) is 0. The van der Waals surface area contributed by atoms with Crippen LogP contribution in [0.15, 0.2) is 18.3 Å². The molecule has 0 aromatic carbocycles. The molecule has 3 N–H and O–H groups in total. The molecule has 0 aliphatic carbocycles. The molecule has 1 amide bonds. The number of nitrogens with zero attached hydrogens (tertiary/aromatic N) is 3. The van der Waals surface area contributed by atoms with E-state index in [0.717, 1.165) is 18.7 Å². The molecule has 1 aromatic rings. The summed E-state index contributed by atoms with van der Waals surface area (Å²) in [5, 5.41) is 11.9. The van der Waals surface area contributed by atoms with Crippen LogP contribution in [0.4, 0.5) is 0 Å². The first-order valence-corrected chi connectivity index (χ1v) is 5.80. The summed E-state index contributed by atoms with van der Waals surface area (Å²) in [5.74, 6) is -0.322. The molecule has 94 valence electrons. The lowest BCUT2D eigenvalue weighted by atomic mass is 10.1. The molecule has 2 rings (SSSR count). The summed E-state index contributed by atoms with van der Waals surface area (Å²) in [5.41, 5.74) is 6.74. The average molecular weight is 245 g/mol. The highest BCUT2D eigenvalue weighted by atomic mass is 16.1. The van der Waals surface area contributed by atoms with Gasteiger partial charge in [-0.25, -0.2) is 4.98 Å². The predicted molar refractivity (Wildman–Crippen MR) is 65.2 cm³/mol. The lowest BCUT2D eigenvalue weighted by molar-refractivity contribution is -0.124. The highest BCUT2D eigenvalue weighted by Gasteiger charge is 2.26. The minimum atomic E-state index is -0.322. The number of pyridine rings is 1.